The Kier molecular flexibility index (Phi) is 3.98. The number of hydrogen-bond donors (Lipinski definition) is 1. The molecule has 0 radical (unpaired) electrons. The molecule has 0 aromatic carbocycles. The number of nitriles is 1. The van der Waals surface area contributed by atoms with Crippen LogP contribution in [0.1, 0.15) is 5.56 Å². The third kappa shape index (κ3) is 2.56. The Morgan fingerprint density at radius 1 is 1.62 bits per heavy atom. The molecular weight excluding hydrogens is 248 g/mol. The molecule has 1 atom stereocenters. The molecule has 0 saturated heterocycles. The molecule has 6 nitrogen and oxygen atoms in total. The molecule has 1 N–H and O–H groups in total. The summed E-state index contributed by atoms with van der Waals surface area (Å²) in [5, 5.41) is 12.0. The van der Waals surface area contributed by atoms with Crippen LogP contribution in [-0.2, 0) is 10.8 Å². The molecule has 0 saturated carbocycles. The number of carbonyl (C=O) groups is 1. The quantitative estimate of drug-likeness (QED) is 0.852. The summed E-state index contributed by atoms with van der Waals surface area (Å²) in [7, 11) is 1.84. The summed E-state index contributed by atoms with van der Waals surface area (Å²) in [4.78, 5) is 12.7. The molecule has 1 aromatic rings. The predicted molar refractivity (Wildman–Crippen MR) is 61.9 cm³/mol. The lowest BCUT2D eigenvalue weighted by molar-refractivity contribution is 0.231. The summed E-state index contributed by atoms with van der Waals surface area (Å²) in [6.45, 7) is 0. The summed E-state index contributed by atoms with van der Waals surface area (Å²) in [5.74, 6) is 0. The molecule has 2 amide bonds. The first-order chi connectivity index (χ1) is 7.47. The van der Waals surface area contributed by atoms with E-state index in [1.54, 1.807) is 14.1 Å². The number of anilines is 1. The topological polar surface area (TPSA) is 86.1 Å². The maximum Gasteiger partial charge on any atom is 0.322 e. The fourth-order valence-corrected chi connectivity index (χ4v) is 2.53. The van der Waals surface area contributed by atoms with Crippen molar-refractivity contribution in [2.24, 2.45) is 0 Å². The summed E-state index contributed by atoms with van der Waals surface area (Å²) in [6.07, 6.45) is 1.44. The van der Waals surface area contributed by atoms with Gasteiger partial charge in [-0.2, -0.15) is 9.64 Å². The first-order valence-corrected chi connectivity index (χ1v) is 6.52. The lowest BCUT2D eigenvalue weighted by Crippen LogP contribution is -2.27. The number of rotatable bonds is 2. The minimum absolute atomic E-state index is 0.168. The van der Waals surface area contributed by atoms with Gasteiger partial charge in [0.05, 0.1) is 10.8 Å². The molecule has 0 spiro atoms. The Balaban J connectivity index is 3.04. The monoisotopic (exact) mass is 258 g/mol. The van der Waals surface area contributed by atoms with E-state index in [2.05, 4.69) is 9.69 Å². The Bertz CT molecular complexity index is 475. The standard InChI is InChI=1S/C8H10N4O2S2/c1-12(2)8(13)10-6-5(4-9)7(11-15-6)16(3)14/h1-3H3,(H,10,13). The van der Waals surface area contributed by atoms with Gasteiger partial charge in [-0.25, -0.2) is 4.79 Å². The van der Waals surface area contributed by atoms with Gasteiger partial charge in [0.25, 0.3) is 0 Å². The van der Waals surface area contributed by atoms with Crippen molar-refractivity contribution in [1.29, 1.82) is 5.26 Å². The molecule has 0 aliphatic heterocycles. The number of nitrogens with zero attached hydrogens (tertiary/aromatic N) is 3. The fraction of sp³-hybridized carbons (Fsp3) is 0.375. The van der Waals surface area contributed by atoms with E-state index in [9.17, 15) is 9.00 Å². The smallest absolute Gasteiger partial charge is 0.322 e. The number of urea groups is 1. The van der Waals surface area contributed by atoms with E-state index in [0.29, 0.717) is 5.00 Å². The van der Waals surface area contributed by atoms with Crippen LogP contribution in [0.3, 0.4) is 0 Å². The number of amides is 2. The molecule has 0 fully saturated rings. The highest BCUT2D eigenvalue weighted by atomic mass is 32.2. The van der Waals surface area contributed by atoms with Crippen molar-refractivity contribution in [1.82, 2.24) is 9.27 Å². The van der Waals surface area contributed by atoms with E-state index >= 15 is 0 Å². The van der Waals surface area contributed by atoms with Crippen molar-refractivity contribution in [3.63, 3.8) is 0 Å². The molecule has 0 bridgehead atoms. The Hall–Kier alpha value is -1.46. The second-order valence-corrected chi connectivity index (χ2v) is 5.15. The van der Waals surface area contributed by atoms with Crippen LogP contribution in [0, 0.1) is 11.3 Å². The maximum atomic E-state index is 11.4. The summed E-state index contributed by atoms with van der Waals surface area (Å²) < 4.78 is 15.1. The zero-order valence-electron chi connectivity index (χ0n) is 8.97. The lowest BCUT2D eigenvalue weighted by Gasteiger charge is -2.10. The summed E-state index contributed by atoms with van der Waals surface area (Å²) in [6, 6.07) is 1.54. The average molecular weight is 258 g/mol. The van der Waals surface area contributed by atoms with Crippen LogP contribution >= 0.6 is 11.5 Å². The molecule has 86 valence electrons. The number of hydrogen-bond acceptors (Lipinski definition) is 5. The van der Waals surface area contributed by atoms with Gasteiger partial charge in [0, 0.05) is 20.4 Å². The number of carbonyl (C=O) groups excluding carboxylic acids is 1. The zero-order chi connectivity index (χ0) is 12.3. The van der Waals surface area contributed by atoms with Gasteiger partial charge in [0.1, 0.15) is 16.6 Å². The van der Waals surface area contributed by atoms with E-state index in [0.717, 1.165) is 11.5 Å². The molecule has 0 aliphatic carbocycles. The fourth-order valence-electron chi connectivity index (χ4n) is 0.865. The lowest BCUT2D eigenvalue weighted by atomic mass is 10.4. The van der Waals surface area contributed by atoms with Crippen LogP contribution in [0.15, 0.2) is 5.03 Å². The second-order valence-electron chi connectivity index (χ2n) is 3.08. The van der Waals surface area contributed by atoms with Gasteiger partial charge in [-0.05, 0) is 11.5 Å². The zero-order valence-corrected chi connectivity index (χ0v) is 10.6. The third-order valence-corrected chi connectivity index (χ3v) is 3.39. The van der Waals surface area contributed by atoms with Crippen molar-refractivity contribution in [2.45, 2.75) is 5.03 Å². The van der Waals surface area contributed by atoms with E-state index in [1.165, 1.54) is 11.2 Å². The van der Waals surface area contributed by atoms with E-state index in [4.69, 9.17) is 5.26 Å². The van der Waals surface area contributed by atoms with Crippen molar-refractivity contribution in [3.8, 4) is 6.07 Å². The molecular formula is C8H10N4O2S2. The average Bonchev–Trinajstić information content (AvgIpc) is 2.60. The van der Waals surface area contributed by atoms with Gasteiger partial charge >= 0.3 is 6.03 Å². The summed E-state index contributed by atoms with van der Waals surface area (Å²) >= 11 is 0.951. The van der Waals surface area contributed by atoms with Crippen LogP contribution in [0.25, 0.3) is 0 Å². The SMILES string of the molecule is CN(C)C(=O)Nc1snc(S(C)=O)c1C#N. The minimum Gasteiger partial charge on any atom is -0.331 e. The van der Waals surface area contributed by atoms with Crippen molar-refractivity contribution in [2.75, 3.05) is 25.7 Å². The molecule has 1 unspecified atom stereocenters. The second kappa shape index (κ2) is 5.05. The van der Waals surface area contributed by atoms with Crippen LogP contribution in [0.5, 0.6) is 0 Å². The van der Waals surface area contributed by atoms with Crippen LogP contribution in [0.4, 0.5) is 9.80 Å². The van der Waals surface area contributed by atoms with Gasteiger partial charge in [-0.1, -0.05) is 0 Å². The predicted octanol–water partition coefficient (Wildman–Crippen LogP) is 0.846. The van der Waals surface area contributed by atoms with E-state index < -0.39 is 10.8 Å². The highest BCUT2D eigenvalue weighted by Gasteiger charge is 2.18. The van der Waals surface area contributed by atoms with Crippen LogP contribution in [-0.4, -0.2) is 39.9 Å². The van der Waals surface area contributed by atoms with Crippen LogP contribution in [0.2, 0.25) is 0 Å². The van der Waals surface area contributed by atoms with Crippen molar-refractivity contribution >= 4 is 33.4 Å². The molecule has 0 aliphatic rings. The normalized spacial score (nSPS) is 11.6. The third-order valence-electron chi connectivity index (χ3n) is 1.67. The first kappa shape index (κ1) is 12.6. The Morgan fingerprint density at radius 2 is 2.25 bits per heavy atom. The molecule has 16 heavy (non-hydrogen) atoms. The Labute approximate surface area is 99.5 Å². The van der Waals surface area contributed by atoms with Gasteiger partial charge in [0.15, 0.2) is 5.03 Å². The van der Waals surface area contributed by atoms with E-state index in [1.807, 2.05) is 6.07 Å². The molecule has 8 heteroatoms. The molecule has 1 aromatic heterocycles. The van der Waals surface area contributed by atoms with Gasteiger partial charge in [-0.15, -0.1) is 0 Å². The summed E-state index contributed by atoms with van der Waals surface area (Å²) in [5.41, 5.74) is 0.168. The number of aromatic nitrogens is 1. The van der Waals surface area contributed by atoms with Crippen molar-refractivity contribution < 1.29 is 9.00 Å². The molecule has 1 heterocycles. The van der Waals surface area contributed by atoms with Gasteiger partial charge in [0.2, 0.25) is 0 Å². The highest BCUT2D eigenvalue weighted by Crippen LogP contribution is 2.26. The van der Waals surface area contributed by atoms with Crippen LogP contribution < -0.4 is 5.32 Å². The first-order valence-electron chi connectivity index (χ1n) is 4.19. The molecule has 1 rings (SSSR count). The number of nitrogens with one attached hydrogen (secondary N) is 1. The van der Waals surface area contributed by atoms with Crippen molar-refractivity contribution in [3.05, 3.63) is 5.56 Å². The highest BCUT2D eigenvalue weighted by molar-refractivity contribution is 7.84. The largest absolute Gasteiger partial charge is 0.331 e. The Morgan fingerprint density at radius 3 is 2.69 bits per heavy atom. The van der Waals surface area contributed by atoms with Gasteiger partial charge in [-0.3, -0.25) is 9.53 Å². The van der Waals surface area contributed by atoms with Gasteiger partial charge < -0.3 is 4.90 Å². The van der Waals surface area contributed by atoms with E-state index in [-0.39, 0.29) is 16.6 Å². The maximum absolute atomic E-state index is 11.4. The minimum atomic E-state index is -1.33.